The predicted octanol–water partition coefficient (Wildman–Crippen LogP) is 4.52. The molecule has 0 fully saturated rings. The Labute approximate surface area is 197 Å². The lowest BCUT2D eigenvalue weighted by molar-refractivity contribution is -0.153. The first-order valence-electron chi connectivity index (χ1n) is 9.36. The molecule has 2 N–H and O–H groups in total. The summed E-state index contributed by atoms with van der Waals surface area (Å²) in [5, 5.41) is 6.39. The Morgan fingerprint density at radius 2 is 1.68 bits per heavy atom. The maximum Gasteiger partial charge on any atom is 0.422 e. The number of halogens is 4. The molecule has 0 amide bonds. The molecule has 0 saturated carbocycles. The van der Waals surface area contributed by atoms with Crippen molar-refractivity contribution < 1.29 is 27.4 Å². The van der Waals surface area contributed by atoms with Crippen molar-refractivity contribution in [2.45, 2.75) is 26.2 Å². The van der Waals surface area contributed by atoms with E-state index in [1.807, 2.05) is 31.2 Å². The van der Waals surface area contributed by atoms with E-state index in [0.717, 1.165) is 16.9 Å². The number of guanidine groups is 1. The molecule has 0 heterocycles. The monoisotopic (exact) mass is 553 g/mol. The van der Waals surface area contributed by atoms with Gasteiger partial charge in [-0.15, -0.1) is 24.0 Å². The highest BCUT2D eigenvalue weighted by Gasteiger charge is 2.29. The minimum atomic E-state index is -4.41. The molecule has 0 aliphatic heterocycles. The van der Waals surface area contributed by atoms with Gasteiger partial charge in [0.25, 0.3) is 0 Å². The van der Waals surface area contributed by atoms with Gasteiger partial charge in [0.15, 0.2) is 24.1 Å². The number of aliphatic imine (C=N–C) groups is 1. The van der Waals surface area contributed by atoms with Crippen molar-refractivity contribution in [2.75, 3.05) is 27.4 Å². The van der Waals surface area contributed by atoms with Gasteiger partial charge in [0.2, 0.25) is 0 Å². The van der Waals surface area contributed by atoms with Crippen molar-refractivity contribution in [3.05, 3.63) is 53.6 Å². The Kier molecular flexibility index (Phi) is 11.3. The van der Waals surface area contributed by atoms with Crippen molar-refractivity contribution in [1.82, 2.24) is 10.6 Å². The quantitative estimate of drug-likeness (QED) is 0.272. The van der Waals surface area contributed by atoms with Gasteiger partial charge in [-0.05, 0) is 30.7 Å². The van der Waals surface area contributed by atoms with Crippen molar-refractivity contribution >= 4 is 29.9 Å². The molecule has 172 valence electrons. The van der Waals surface area contributed by atoms with Gasteiger partial charge in [0, 0.05) is 18.7 Å². The van der Waals surface area contributed by atoms with E-state index in [2.05, 4.69) is 15.6 Å². The average molecular weight is 553 g/mol. The normalized spacial score (nSPS) is 11.4. The number of nitrogens with zero attached hydrogens (tertiary/aromatic N) is 1. The SMILES string of the molecule is CCNC(=NCc1ccc(OCC(F)(F)F)c(OC)c1)NCc1ccccc1OC.I. The summed E-state index contributed by atoms with van der Waals surface area (Å²) in [5.41, 5.74) is 1.75. The van der Waals surface area contributed by atoms with E-state index in [4.69, 9.17) is 14.2 Å². The number of methoxy groups -OCH3 is 2. The Bertz CT molecular complexity index is 848. The largest absolute Gasteiger partial charge is 0.496 e. The zero-order valence-corrected chi connectivity index (χ0v) is 19.9. The van der Waals surface area contributed by atoms with Crippen molar-refractivity contribution in [2.24, 2.45) is 4.99 Å². The van der Waals surface area contributed by atoms with E-state index in [9.17, 15) is 13.2 Å². The molecule has 0 aliphatic carbocycles. The van der Waals surface area contributed by atoms with Gasteiger partial charge >= 0.3 is 6.18 Å². The molecule has 31 heavy (non-hydrogen) atoms. The zero-order chi connectivity index (χ0) is 22.0. The molecule has 10 heteroatoms. The number of alkyl halides is 3. The summed E-state index contributed by atoms with van der Waals surface area (Å²) in [5.74, 6) is 1.63. The third kappa shape index (κ3) is 9.11. The first-order chi connectivity index (χ1) is 14.4. The summed E-state index contributed by atoms with van der Waals surface area (Å²) in [7, 11) is 3.00. The third-order valence-electron chi connectivity index (χ3n) is 4.02. The van der Waals surface area contributed by atoms with Crippen LogP contribution >= 0.6 is 24.0 Å². The van der Waals surface area contributed by atoms with Crippen LogP contribution in [0.1, 0.15) is 18.1 Å². The van der Waals surface area contributed by atoms with Gasteiger partial charge in [0.05, 0.1) is 20.8 Å². The summed E-state index contributed by atoms with van der Waals surface area (Å²) in [6.07, 6.45) is -4.41. The van der Waals surface area contributed by atoms with Crippen LogP contribution in [0, 0.1) is 0 Å². The highest BCUT2D eigenvalue weighted by molar-refractivity contribution is 14.0. The van der Waals surface area contributed by atoms with Crippen LogP contribution in [0.2, 0.25) is 0 Å². The molecule has 0 aliphatic rings. The predicted molar refractivity (Wildman–Crippen MR) is 125 cm³/mol. The van der Waals surface area contributed by atoms with E-state index >= 15 is 0 Å². The summed E-state index contributed by atoms with van der Waals surface area (Å²) < 4.78 is 52.4. The van der Waals surface area contributed by atoms with Gasteiger partial charge in [0.1, 0.15) is 5.75 Å². The molecular formula is C21H27F3IN3O3. The molecule has 6 nitrogen and oxygen atoms in total. The fourth-order valence-electron chi connectivity index (χ4n) is 2.63. The maximum absolute atomic E-state index is 12.4. The molecule has 2 aromatic carbocycles. The number of benzene rings is 2. The Hall–Kier alpha value is -2.37. The van der Waals surface area contributed by atoms with Crippen molar-refractivity contribution in [1.29, 1.82) is 0 Å². The van der Waals surface area contributed by atoms with E-state index in [-0.39, 0.29) is 35.5 Å². The van der Waals surface area contributed by atoms with Gasteiger partial charge in [-0.3, -0.25) is 0 Å². The summed E-state index contributed by atoms with van der Waals surface area (Å²) in [6.45, 7) is 2.07. The van der Waals surface area contributed by atoms with Crippen LogP contribution in [0.15, 0.2) is 47.5 Å². The Morgan fingerprint density at radius 1 is 0.968 bits per heavy atom. The molecule has 2 rings (SSSR count). The van der Waals surface area contributed by atoms with Crippen LogP contribution in [0.25, 0.3) is 0 Å². The second kappa shape index (κ2) is 13.1. The van der Waals surface area contributed by atoms with E-state index < -0.39 is 12.8 Å². The molecular weight excluding hydrogens is 526 g/mol. The van der Waals surface area contributed by atoms with Crippen molar-refractivity contribution in [3.8, 4) is 17.2 Å². The van der Waals surface area contributed by atoms with Crippen LogP contribution in [0.4, 0.5) is 13.2 Å². The van der Waals surface area contributed by atoms with Crippen LogP contribution in [0.5, 0.6) is 17.2 Å². The van der Waals surface area contributed by atoms with Gasteiger partial charge in [-0.25, -0.2) is 4.99 Å². The first kappa shape index (κ1) is 26.7. The lowest BCUT2D eigenvalue weighted by atomic mass is 10.2. The molecule has 0 spiro atoms. The molecule has 0 unspecified atom stereocenters. The van der Waals surface area contributed by atoms with Gasteiger partial charge in [-0.1, -0.05) is 24.3 Å². The fraction of sp³-hybridized carbons (Fsp3) is 0.381. The fourth-order valence-corrected chi connectivity index (χ4v) is 2.63. The second-order valence-corrected chi connectivity index (χ2v) is 6.25. The number of para-hydroxylation sites is 1. The van der Waals surface area contributed by atoms with Crippen LogP contribution in [-0.4, -0.2) is 39.5 Å². The van der Waals surface area contributed by atoms with Crippen molar-refractivity contribution in [3.63, 3.8) is 0 Å². The zero-order valence-electron chi connectivity index (χ0n) is 17.6. The molecule has 2 aromatic rings. The summed E-state index contributed by atoms with van der Waals surface area (Å²) >= 11 is 0. The number of hydrogen-bond acceptors (Lipinski definition) is 4. The number of ether oxygens (including phenoxy) is 3. The highest BCUT2D eigenvalue weighted by Crippen LogP contribution is 2.30. The molecule has 0 saturated heterocycles. The maximum atomic E-state index is 12.4. The topological polar surface area (TPSA) is 64.1 Å². The van der Waals surface area contributed by atoms with E-state index in [1.165, 1.54) is 13.2 Å². The Balaban J connectivity index is 0.00000480. The first-order valence-corrected chi connectivity index (χ1v) is 9.36. The lowest BCUT2D eigenvalue weighted by Crippen LogP contribution is -2.36. The molecule has 0 radical (unpaired) electrons. The molecule has 0 bridgehead atoms. The van der Waals surface area contributed by atoms with E-state index in [1.54, 1.807) is 19.2 Å². The number of rotatable bonds is 9. The summed E-state index contributed by atoms with van der Waals surface area (Å²) in [6, 6.07) is 12.4. The van der Waals surface area contributed by atoms with Crippen LogP contribution < -0.4 is 24.8 Å². The summed E-state index contributed by atoms with van der Waals surface area (Å²) in [4.78, 5) is 4.52. The van der Waals surface area contributed by atoms with Crippen LogP contribution in [0.3, 0.4) is 0 Å². The van der Waals surface area contributed by atoms with Gasteiger partial charge in [-0.2, -0.15) is 13.2 Å². The molecule has 0 atom stereocenters. The smallest absolute Gasteiger partial charge is 0.422 e. The average Bonchev–Trinajstić information content (AvgIpc) is 2.74. The van der Waals surface area contributed by atoms with Crippen LogP contribution in [-0.2, 0) is 13.1 Å². The standard InChI is InChI=1S/C21H26F3N3O3.HI/c1-4-25-20(27-13-16-7-5-6-8-17(16)28-2)26-12-15-9-10-18(19(11-15)29-3)30-14-21(22,23)24;/h5-11H,4,12-14H2,1-3H3,(H2,25,26,27);1H. The lowest BCUT2D eigenvalue weighted by Gasteiger charge is -2.14. The molecule has 0 aromatic heterocycles. The second-order valence-electron chi connectivity index (χ2n) is 6.25. The minimum Gasteiger partial charge on any atom is -0.496 e. The third-order valence-corrected chi connectivity index (χ3v) is 4.02. The Morgan fingerprint density at radius 3 is 2.32 bits per heavy atom. The highest BCUT2D eigenvalue weighted by atomic mass is 127. The number of hydrogen-bond donors (Lipinski definition) is 2. The van der Waals surface area contributed by atoms with E-state index in [0.29, 0.717) is 25.6 Å². The number of nitrogens with one attached hydrogen (secondary N) is 2. The minimum absolute atomic E-state index is 0. The van der Waals surface area contributed by atoms with Gasteiger partial charge < -0.3 is 24.8 Å².